The number of fused-ring (bicyclic) bond motifs is 2. The van der Waals surface area contributed by atoms with Gasteiger partial charge in [0.1, 0.15) is 11.8 Å². The van der Waals surface area contributed by atoms with Crippen LogP contribution in [0.5, 0.6) is 5.75 Å². The minimum atomic E-state index is -0.951. The molecule has 3 fully saturated rings. The van der Waals surface area contributed by atoms with Crippen molar-refractivity contribution in [3.05, 3.63) is 64.2 Å². The number of imide groups is 2. The molecule has 2 N–H and O–H groups in total. The van der Waals surface area contributed by atoms with Gasteiger partial charge in [0.2, 0.25) is 11.8 Å². The van der Waals surface area contributed by atoms with Crippen LogP contribution in [0.1, 0.15) is 113 Å². The highest BCUT2D eigenvalue weighted by Crippen LogP contribution is 2.36. The van der Waals surface area contributed by atoms with Crippen molar-refractivity contribution in [2.24, 2.45) is 0 Å². The number of ether oxygens (including phenoxy) is 1. The highest BCUT2D eigenvalue weighted by molar-refractivity contribution is 6.23. The van der Waals surface area contributed by atoms with Crippen LogP contribution in [-0.2, 0) is 22.7 Å². The summed E-state index contributed by atoms with van der Waals surface area (Å²) in [5.41, 5.74) is 3.44. The Morgan fingerprint density at radius 2 is 1.43 bits per heavy atom. The Labute approximate surface area is 256 Å². The lowest BCUT2D eigenvalue weighted by Crippen LogP contribution is -2.54. The van der Waals surface area contributed by atoms with Gasteiger partial charge >= 0.3 is 0 Å². The third kappa shape index (κ3) is 5.51. The van der Waals surface area contributed by atoms with Gasteiger partial charge in [-0.3, -0.25) is 39.1 Å². The first-order valence-electron chi connectivity index (χ1n) is 16.0. The molecule has 10 nitrogen and oxygen atoms in total. The molecule has 230 valence electrons. The Kier molecular flexibility index (Phi) is 7.70. The van der Waals surface area contributed by atoms with Crippen molar-refractivity contribution in [1.82, 2.24) is 20.4 Å². The van der Waals surface area contributed by atoms with E-state index in [2.05, 4.69) is 15.5 Å². The van der Waals surface area contributed by atoms with E-state index in [1.807, 2.05) is 36.4 Å². The van der Waals surface area contributed by atoms with Gasteiger partial charge in [0, 0.05) is 37.2 Å². The molecule has 44 heavy (non-hydrogen) atoms. The van der Waals surface area contributed by atoms with Crippen LogP contribution in [0.15, 0.2) is 36.4 Å². The largest absolute Gasteiger partial charge is 0.490 e. The van der Waals surface area contributed by atoms with Crippen LogP contribution < -0.4 is 15.4 Å². The predicted octanol–water partition coefficient (Wildman–Crippen LogP) is 3.86. The highest BCUT2D eigenvalue weighted by Gasteiger charge is 2.45. The molecule has 10 heteroatoms. The number of nitrogens with zero attached hydrogens (tertiary/aromatic N) is 2. The van der Waals surface area contributed by atoms with Crippen molar-refractivity contribution >= 4 is 29.5 Å². The topological polar surface area (TPSA) is 125 Å². The Morgan fingerprint density at radius 3 is 2.05 bits per heavy atom. The smallest absolute Gasteiger partial charge is 0.262 e. The molecule has 2 saturated carbocycles. The normalized spacial score (nSPS) is 25.9. The zero-order valence-corrected chi connectivity index (χ0v) is 24.8. The van der Waals surface area contributed by atoms with Gasteiger partial charge in [-0.1, -0.05) is 19.3 Å². The molecule has 7 rings (SSSR count). The minimum Gasteiger partial charge on any atom is -0.490 e. The van der Waals surface area contributed by atoms with E-state index in [4.69, 9.17) is 4.74 Å². The fourth-order valence-electron chi connectivity index (χ4n) is 7.57. The second-order valence-corrected chi connectivity index (χ2v) is 12.9. The summed E-state index contributed by atoms with van der Waals surface area (Å²) in [5, 5.41) is 5.41. The maximum Gasteiger partial charge on any atom is 0.262 e. The van der Waals surface area contributed by atoms with Crippen LogP contribution in [0, 0.1) is 0 Å². The molecule has 2 aromatic carbocycles. The number of carbonyl (C=O) groups excluding carboxylic acids is 5. The van der Waals surface area contributed by atoms with Crippen molar-refractivity contribution < 1.29 is 28.7 Å². The fraction of sp³-hybridized carbons (Fsp3) is 0.500. The summed E-state index contributed by atoms with van der Waals surface area (Å²) in [5.74, 6) is -1.13. The highest BCUT2D eigenvalue weighted by atomic mass is 16.5. The number of hydrogen-bond donors (Lipinski definition) is 2. The third-order valence-corrected chi connectivity index (χ3v) is 10.0. The summed E-state index contributed by atoms with van der Waals surface area (Å²) in [6, 6.07) is 10.8. The van der Waals surface area contributed by atoms with Crippen molar-refractivity contribution in [1.29, 1.82) is 0 Å². The lowest BCUT2D eigenvalue weighted by molar-refractivity contribution is -0.136. The summed E-state index contributed by atoms with van der Waals surface area (Å²) in [6.45, 7) is 1.42. The maximum atomic E-state index is 13.2. The first-order valence-corrected chi connectivity index (χ1v) is 16.0. The third-order valence-electron chi connectivity index (χ3n) is 10.0. The minimum absolute atomic E-state index is 0.0128. The molecule has 5 aliphatic rings. The van der Waals surface area contributed by atoms with E-state index in [0.29, 0.717) is 35.8 Å². The van der Waals surface area contributed by atoms with E-state index in [0.717, 1.165) is 60.3 Å². The number of piperidine rings is 1. The van der Waals surface area contributed by atoms with E-state index in [1.165, 1.54) is 19.3 Å². The van der Waals surface area contributed by atoms with E-state index in [1.54, 1.807) is 0 Å². The average molecular weight is 599 g/mol. The van der Waals surface area contributed by atoms with Crippen LogP contribution in [0.25, 0.3) is 0 Å². The second-order valence-electron chi connectivity index (χ2n) is 12.9. The molecule has 0 aromatic heterocycles. The molecule has 0 bridgehead atoms. The second kappa shape index (κ2) is 11.8. The van der Waals surface area contributed by atoms with Crippen LogP contribution in [0.4, 0.5) is 0 Å². The fourth-order valence-corrected chi connectivity index (χ4v) is 7.57. The van der Waals surface area contributed by atoms with Crippen molar-refractivity contribution in [3.63, 3.8) is 0 Å². The average Bonchev–Trinajstić information content (AvgIpc) is 3.55. The molecule has 3 heterocycles. The summed E-state index contributed by atoms with van der Waals surface area (Å²) in [7, 11) is 0. The molecule has 2 aliphatic carbocycles. The standard InChI is InChI=1S/C34H38N4O6/c39-30-15-14-29(32(41)36-30)38-33(42)27-16-21-18-37(19-22(21)17-28(27)34(38)43)24-8-12-26(13-9-24)44-25-10-6-20(7-11-25)31(40)35-23-4-2-1-3-5-23/h6-7,10-11,16-17,23-24,26,29H,1-5,8-9,12-15,18-19H2,(H,35,40)(H,36,39,41). The number of amides is 5. The maximum absolute atomic E-state index is 13.2. The van der Waals surface area contributed by atoms with Crippen LogP contribution in [0.2, 0.25) is 0 Å². The molecule has 5 amide bonds. The zero-order chi connectivity index (χ0) is 30.4. The van der Waals surface area contributed by atoms with Crippen molar-refractivity contribution in [2.75, 3.05) is 0 Å². The summed E-state index contributed by atoms with van der Waals surface area (Å²) >= 11 is 0. The van der Waals surface area contributed by atoms with Gasteiger partial charge < -0.3 is 10.1 Å². The number of nitrogens with one attached hydrogen (secondary N) is 2. The van der Waals surface area contributed by atoms with E-state index in [9.17, 15) is 24.0 Å². The van der Waals surface area contributed by atoms with Gasteiger partial charge in [-0.25, -0.2) is 0 Å². The van der Waals surface area contributed by atoms with Crippen LogP contribution in [0.3, 0.4) is 0 Å². The number of benzene rings is 2. The first kappa shape index (κ1) is 28.7. The molecular weight excluding hydrogens is 560 g/mol. The SMILES string of the molecule is O=C1CCC(N2C(=O)c3cc4c(cc3C2=O)CN(C2CCC(Oc3ccc(C(=O)NC5CCCCC5)cc3)CC2)C4)C(=O)N1. The van der Waals surface area contributed by atoms with E-state index < -0.39 is 23.8 Å². The monoisotopic (exact) mass is 598 g/mol. The first-order chi connectivity index (χ1) is 21.3. The molecule has 1 saturated heterocycles. The molecule has 0 spiro atoms. The molecule has 1 unspecified atom stereocenters. The van der Waals surface area contributed by atoms with Crippen molar-refractivity contribution in [3.8, 4) is 5.75 Å². The van der Waals surface area contributed by atoms with Gasteiger partial charge in [0.25, 0.3) is 17.7 Å². The van der Waals surface area contributed by atoms with Gasteiger partial charge in [-0.05, 0) is 92.5 Å². The van der Waals surface area contributed by atoms with Crippen LogP contribution in [-0.4, -0.2) is 63.6 Å². The van der Waals surface area contributed by atoms with Crippen LogP contribution >= 0.6 is 0 Å². The zero-order valence-electron chi connectivity index (χ0n) is 24.8. The molecule has 0 radical (unpaired) electrons. The van der Waals surface area contributed by atoms with Gasteiger partial charge in [0.15, 0.2) is 0 Å². The van der Waals surface area contributed by atoms with E-state index in [-0.39, 0.29) is 36.8 Å². The van der Waals surface area contributed by atoms with E-state index >= 15 is 0 Å². The Bertz CT molecular complexity index is 1460. The van der Waals surface area contributed by atoms with Gasteiger partial charge in [0.05, 0.1) is 17.2 Å². The quantitative estimate of drug-likeness (QED) is 0.484. The predicted molar refractivity (Wildman–Crippen MR) is 160 cm³/mol. The van der Waals surface area contributed by atoms with Crippen molar-refractivity contribution in [2.45, 2.75) is 108 Å². The summed E-state index contributed by atoms with van der Waals surface area (Å²) < 4.78 is 6.29. The Morgan fingerprint density at radius 1 is 0.795 bits per heavy atom. The van der Waals surface area contributed by atoms with Gasteiger partial charge in [-0.15, -0.1) is 0 Å². The molecular formula is C34H38N4O6. The number of carbonyl (C=O) groups is 5. The van der Waals surface area contributed by atoms with Gasteiger partial charge in [-0.2, -0.15) is 0 Å². The molecule has 3 aliphatic heterocycles. The lowest BCUT2D eigenvalue weighted by atomic mass is 9.92. The summed E-state index contributed by atoms with van der Waals surface area (Å²) in [6.07, 6.45) is 9.95. The summed E-state index contributed by atoms with van der Waals surface area (Å²) in [4.78, 5) is 66.5. The lowest BCUT2D eigenvalue weighted by Gasteiger charge is -2.34. The Balaban J connectivity index is 0.918. The molecule has 2 aromatic rings. The number of hydrogen-bond acceptors (Lipinski definition) is 7. The Hall–Kier alpha value is -4.05. The molecule has 1 atom stereocenters. The number of rotatable bonds is 6.